The zero-order valence-electron chi connectivity index (χ0n) is 11.0. The van der Waals surface area contributed by atoms with Crippen molar-refractivity contribution in [1.82, 2.24) is 20.2 Å². The number of anilines is 3. The first kappa shape index (κ1) is 14.4. The molecule has 112 valence electrons. The minimum atomic E-state index is 0.204. The van der Waals surface area contributed by atoms with Crippen LogP contribution < -0.4 is 15.8 Å². The second-order valence-electron chi connectivity index (χ2n) is 4.21. The highest BCUT2D eigenvalue weighted by molar-refractivity contribution is 6.37. The summed E-state index contributed by atoms with van der Waals surface area (Å²) in [7, 11) is 0. The van der Waals surface area contributed by atoms with Crippen LogP contribution in [0.4, 0.5) is 17.6 Å². The number of ether oxygens (including phenoxy) is 1. The van der Waals surface area contributed by atoms with Crippen molar-refractivity contribution in [2.75, 3.05) is 11.1 Å². The number of nitrogens with two attached hydrogens (primary N) is 1. The Bertz CT molecular complexity index is 769. The molecule has 9 heteroatoms. The number of benzene rings is 1. The van der Waals surface area contributed by atoms with Crippen LogP contribution in [-0.4, -0.2) is 20.2 Å². The standard InChI is InChI=1S/C13H10Cl2N6O/c14-8-5-7(18-13-19-12(16)20-21-13)6-9(15)11(8)22-10-3-1-2-4-17-10/h1-6H,(H4,16,18,19,20,21). The van der Waals surface area contributed by atoms with Gasteiger partial charge >= 0.3 is 0 Å². The monoisotopic (exact) mass is 336 g/mol. The van der Waals surface area contributed by atoms with E-state index in [0.717, 1.165) is 0 Å². The fourth-order valence-electron chi connectivity index (χ4n) is 1.70. The third kappa shape index (κ3) is 3.21. The van der Waals surface area contributed by atoms with Gasteiger partial charge in [-0.2, -0.15) is 4.98 Å². The van der Waals surface area contributed by atoms with Gasteiger partial charge in [-0.05, 0) is 18.2 Å². The fourth-order valence-corrected chi connectivity index (χ4v) is 2.27. The highest BCUT2D eigenvalue weighted by atomic mass is 35.5. The quantitative estimate of drug-likeness (QED) is 0.672. The molecule has 2 heterocycles. The number of pyridine rings is 1. The highest BCUT2D eigenvalue weighted by Gasteiger charge is 2.12. The van der Waals surface area contributed by atoms with Crippen LogP contribution in [0, 0.1) is 0 Å². The molecule has 22 heavy (non-hydrogen) atoms. The van der Waals surface area contributed by atoms with E-state index in [0.29, 0.717) is 33.3 Å². The molecule has 0 aliphatic heterocycles. The summed E-state index contributed by atoms with van der Waals surface area (Å²) in [5.41, 5.74) is 6.05. The van der Waals surface area contributed by atoms with Gasteiger partial charge in [0.2, 0.25) is 17.8 Å². The van der Waals surface area contributed by atoms with Gasteiger partial charge in [-0.15, -0.1) is 5.10 Å². The molecule has 0 radical (unpaired) electrons. The predicted octanol–water partition coefficient (Wildman–Crippen LogP) is 3.62. The van der Waals surface area contributed by atoms with E-state index in [1.807, 2.05) is 0 Å². The van der Waals surface area contributed by atoms with Crippen molar-refractivity contribution >= 4 is 40.8 Å². The first-order valence-corrected chi connectivity index (χ1v) is 6.90. The van der Waals surface area contributed by atoms with Crippen LogP contribution in [0.1, 0.15) is 0 Å². The maximum absolute atomic E-state index is 6.21. The van der Waals surface area contributed by atoms with Crippen molar-refractivity contribution in [3.63, 3.8) is 0 Å². The summed E-state index contributed by atoms with van der Waals surface area (Å²) in [6.07, 6.45) is 1.61. The van der Waals surface area contributed by atoms with Gasteiger partial charge in [0, 0.05) is 18.0 Å². The summed E-state index contributed by atoms with van der Waals surface area (Å²) in [5.74, 6) is 1.23. The molecule has 1 aromatic carbocycles. The average Bonchev–Trinajstić information content (AvgIpc) is 2.89. The van der Waals surface area contributed by atoms with Crippen LogP contribution in [0.5, 0.6) is 11.6 Å². The van der Waals surface area contributed by atoms with Gasteiger partial charge in [-0.1, -0.05) is 29.3 Å². The Labute approximate surface area is 135 Å². The van der Waals surface area contributed by atoms with E-state index in [9.17, 15) is 0 Å². The molecule has 0 aliphatic carbocycles. The van der Waals surface area contributed by atoms with Gasteiger partial charge in [-0.3, -0.25) is 0 Å². The normalized spacial score (nSPS) is 10.5. The lowest BCUT2D eigenvalue weighted by atomic mass is 10.3. The fraction of sp³-hybridized carbons (Fsp3) is 0. The molecule has 0 bridgehead atoms. The topological polar surface area (TPSA) is 102 Å². The van der Waals surface area contributed by atoms with Gasteiger partial charge in [0.15, 0.2) is 5.75 Å². The smallest absolute Gasteiger partial charge is 0.248 e. The third-order valence-electron chi connectivity index (χ3n) is 2.60. The number of halogens is 2. The van der Waals surface area contributed by atoms with E-state index >= 15 is 0 Å². The van der Waals surface area contributed by atoms with Crippen LogP contribution in [0.15, 0.2) is 36.5 Å². The first-order valence-electron chi connectivity index (χ1n) is 6.14. The number of nitrogens with zero attached hydrogens (tertiary/aromatic N) is 3. The van der Waals surface area contributed by atoms with Crippen molar-refractivity contribution < 1.29 is 4.74 Å². The number of rotatable bonds is 4. The lowest BCUT2D eigenvalue weighted by Gasteiger charge is -2.10. The highest BCUT2D eigenvalue weighted by Crippen LogP contribution is 2.38. The average molecular weight is 337 g/mol. The number of nitrogens with one attached hydrogen (secondary N) is 2. The van der Waals surface area contributed by atoms with E-state index in [4.69, 9.17) is 33.7 Å². The Morgan fingerprint density at radius 2 is 1.95 bits per heavy atom. The summed E-state index contributed by atoms with van der Waals surface area (Å²) < 4.78 is 5.59. The van der Waals surface area contributed by atoms with Crippen molar-refractivity contribution in [3.8, 4) is 11.6 Å². The summed E-state index contributed by atoms with van der Waals surface area (Å²) in [6, 6.07) is 8.56. The molecule has 3 aromatic rings. The molecular formula is C13H10Cl2N6O. The summed E-state index contributed by atoms with van der Waals surface area (Å²) in [4.78, 5) is 7.98. The van der Waals surface area contributed by atoms with Crippen molar-refractivity contribution in [3.05, 3.63) is 46.6 Å². The van der Waals surface area contributed by atoms with Crippen molar-refractivity contribution in [2.45, 2.75) is 0 Å². The molecule has 3 rings (SSSR count). The molecular weight excluding hydrogens is 327 g/mol. The molecule has 0 spiro atoms. The molecule has 0 aliphatic rings. The van der Waals surface area contributed by atoms with Gasteiger partial charge in [-0.25, -0.2) is 10.1 Å². The molecule has 0 unspecified atom stereocenters. The second-order valence-corrected chi connectivity index (χ2v) is 5.02. The molecule has 0 fully saturated rings. The van der Waals surface area contributed by atoms with Crippen LogP contribution in [0.3, 0.4) is 0 Å². The summed E-state index contributed by atoms with van der Waals surface area (Å²) in [6.45, 7) is 0. The Morgan fingerprint density at radius 3 is 2.55 bits per heavy atom. The molecule has 0 atom stereocenters. The molecule has 2 aromatic heterocycles. The van der Waals surface area contributed by atoms with Crippen LogP contribution in [0.2, 0.25) is 10.0 Å². The molecule has 7 nitrogen and oxygen atoms in total. The van der Waals surface area contributed by atoms with E-state index in [1.54, 1.807) is 36.5 Å². The third-order valence-corrected chi connectivity index (χ3v) is 3.16. The maximum atomic E-state index is 6.21. The SMILES string of the molecule is Nc1nc(Nc2cc(Cl)c(Oc3ccccn3)c(Cl)c2)n[nH]1. The molecule has 0 saturated heterocycles. The van der Waals surface area contributed by atoms with Crippen molar-refractivity contribution in [2.24, 2.45) is 0 Å². The van der Waals surface area contributed by atoms with E-state index < -0.39 is 0 Å². The minimum absolute atomic E-state index is 0.204. The number of hydrogen-bond acceptors (Lipinski definition) is 6. The van der Waals surface area contributed by atoms with Gasteiger partial charge in [0.05, 0.1) is 10.0 Å². The van der Waals surface area contributed by atoms with Crippen LogP contribution >= 0.6 is 23.2 Å². The largest absolute Gasteiger partial charge is 0.436 e. The predicted molar refractivity (Wildman–Crippen MR) is 84.9 cm³/mol. The number of nitrogen functional groups attached to an aromatic ring is 1. The van der Waals surface area contributed by atoms with Gasteiger partial charge in [0.1, 0.15) is 0 Å². The number of aromatic amines is 1. The lowest BCUT2D eigenvalue weighted by molar-refractivity contribution is 0.463. The van der Waals surface area contributed by atoms with Crippen LogP contribution in [0.25, 0.3) is 0 Å². The Morgan fingerprint density at radius 1 is 1.18 bits per heavy atom. The molecule has 0 saturated carbocycles. The van der Waals surface area contributed by atoms with Gasteiger partial charge < -0.3 is 15.8 Å². The maximum Gasteiger partial charge on any atom is 0.248 e. The number of aromatic nitrogens is 4. The zero-order chi connectivity index (χ0) is 15.5. The minimum Gasteiger partial charge on any atom is -0.436 e. The number of hydrogen-bond donors (Lipinski definition) is 3. The Balaban J connectivity index is 1.85. The lowest BCUT2D eigenvalue weighted by Crippen LogP contribution is -1.95. The summed E-state index contributed by atoms with van der Waals surface area (Å²) in [5, 5.41) is 9.95. The molecule has 4 N–H and O–H groups in total. The number of H-pyrrole nitrogens is 1. The first-order chi connectivity index (χ1) is 10.6. The van der Waals surface area contributed by atoms with Gasteiger partial charge in [0.25, 0.3) is 0 Å². The second kappa shape index (κ2) is 6.08. The Hall–Kier alpha value is -2.51. The summed E-state index contributed by atoms with van der Waals surface area (Å²) >= 11 is 12.4. The van der Waals surface area contributed by atoms with E-state index in [2.05, 4.69) is 25.5 Å². The van der Waals surface area contributed by atoms with Crippen molar-refractivity contribution in [1.29, 1.82) is 0 Å². The Kier molecular flexibility index (Phi) is 3.99. The zero-order valence-corrected chi connectivity index (χ0v) is 12.6. The molecule has 0 amide bonds. The van der Waals surface area contributed by atoms with E-state index in [-0.39, 0.29) is 5.95 Å². The van der Waals surface area contributed by atoms with Crippen LogP contribution in [-0.2, 0) is 0 Å². The van der Waals surface area contributed by atoms with E-state index in [1.165, 1.54) is 0 Å².